The molecule has 1 heteroatoms. The second-order valence-electron chi connectivity index (χ2n) is 12.8. The molecule has 0 saturated carbocycles. The molecule has 1 spiro atoms. The van der Waals surface area contributed by atoms with Crippen LogP contribution < -0.4 is 0 Å². The largest absolute Gasteiger partial charge is 0.0888 e. The Kier molecular flexibility index (Phi) is 4.80. The third-order valence-corrected chi connectivity index (χ3v) is 11.8. The van der Waals surface area contributed by atoms with E-state index in [-0.39, 0.29) is 0 Å². The van der Waals surface area contributed by atoms with Gasteiger partial charge in [0.1, 0.15) is 0 Å². The molecule has 0 nitrogen and oxygen atoms in total. The zero-order valence-electron chi connectivity index (χ0n) is 24.9. The van der Waals surface area contributed by atoms with Crippen molar-refractivity contribution in [3.8, 4) is 44.5 Å². The molecule has 3 aliphatic rings. The summed E-state index contributed by atoms with van der Waals surface area (Å²) < 4.78 is 0. The first-order chi connectivity index (χ1) is 22.8. The Morgan fingerprint density at radius 2 is 0.891 bits per heavy atom. The summed E-state index contributed by atoms with van der Waals surface area (Å²) in [6.45, 7) is 0. The molecule has 0 saturated heterocycles. The molecule has 0 radical (unpaired) electrons. The van der Waals surface area contributed by atoms with E-state index >= 15 is 0 Å². The molecule has 0 fully saturated rings. The summed E-state index contributed by atoms with van der Waals surface area (Å²) in [7, 11) is 0. The van der Waals surface area contributed by atoms with Gasteiger partial charge in [-0.05, 0) is 95.6 Å². The molecule has 1 atom stereocenters. The molecule has 1 heterocycles. The molecule has 46 heavy (non-hydrogen) atoms. The van der Waals surface area contributed by atoms with Crippen LogP contribution in [0.2, 0.25) is 0 Å². The zero-order chi connectivity index (χ0) is 30.0. The maximum atomic E-state index is 2.53. The first-order valence-corrected chi connectivity index (χ1v) is 16.8. The summed E-state index contributed by atoms with van der Waals surface area (Å²) in [6.07, 6.45) is 0. The van der Waals surface area contributed by atoms with Crippen LogP contribution in [0.4, 0.5) is 0 Å². The van der Waals surface area contributed by atoms with Crippen LogP contribution in [-0.2, 0) is 5.41 Å². The highest BCUT2D eigenvalue weighted by Crippen LogP contribution is 2.62. The van der Waals surface area contributed by atoms with Gasteiger partial charge < -0.3 is 0 Å². The normalized spacial score (nSPS) is 16.3. The molecule has 8 aromatic rings. The van der Waals surface area contributed by atoms with Crippen molar-refractivity contribution in [1.82, 2.24) is 0 Å². The van der Waals surface area contributed by atoms with Gasteiger partial charge in [0, 0.05) is 20.7 Å². The van der Waals surface area contributed by atoms with E-state index in [9.17, 15) is 0 Å². The van der Waals surface area contributed by atoms with Crippen molar-refractivity contribution in [2.24, 2.45) is 0 Å². The van der Waals surface area contributed by atoms with Gasteiger partial charge in [0.2, 0.25) is 0 Å². The summed E-state index contributed by atoms with van der Waals surface area (Å²) in [5.41, 5.74) is 15.7. The molecule has 1 aliphatic heterocycles. The number of benzene rings is 8. The maximum Gasteiger partial charge on any atom is 0.0725 e. The van der Waals surface area contributed by atoms with Crippen molar-refractivity contribution in [3.05, 3.63) is 180 Å². The lowest BCUT2D eigenvalue weighted by molar-refractivity contribution is 0.774. The van der Waals surface area contributed by atoms with Crippen LogP contribution in [0.25, 0.3) is 66.1 Å². The fourth-order valence-electron chi connectivity index (χ4n) is 8.95. The van der Waals surface area contributed by atoms with Crippen molar-refractivity contribution in [2.75, 3.05) is 0 Å². The summed E-state index contributed by atoms with van der Waals surface area (Å²) in [5, 5.41) is 5.33. The quantitative estimate of drug-likeness (QED) is 0.181. The fourth-order valence-corrected chi connectivity index (χ4v) is 10.1. The number of hydrogen-bond donors (Lipinski definition) is 0. The summed E-state index contributed by atoms with van der Waals surface area (Å²) >= 11 is 1.90. The highest BCUT2D eigenvalue weighted by molar-refractivity contribution is 7.99. The molecule has 2 aliphatic carbocycles. The van der Waals surface area contributed by atoms with E-state index in [1.165, 1.54) is 98.1 Å². The molecule has 0 aromatic heterocycles. The molecule has 1 unspecified atom stereocenters. The molecular weight excluding hydrogens is 573 g/mol. The minimum absolute atomic E-state index is 0.414. The highest BCUT2D eigenvalue weighted by Gasteiger charge is 2.50. The number of rotatable bonds is 1. The minimum atomic E-state index is -0.414. The SMILES string of the molecule is c1ccc2c(c1)-c1ccc(-c3cccc4c3-c3cccc5cccc(c35)S4)cc1C21c2ccccc2-c2cccc3cccc1c23. The van der Waals surface area contributed by atoms with Gasteiger partial charge in [-0.3, -0.25) is 0 Å². The average molecular weight is 599 g/mol. The lowest BCUT2D eigenvalue weighted by Crippen LogP contribution is -2.31. The number of fused-ring (bicyclic) bond motifs is 11. The third-order valence-electron chi connectivity index (χ3n) is 10.7. The van der Waals surface area contributed by atoms with Crippen molar-refractivity contribution >= 4 is 33.3 Å². The van der Waals surface area contributed by atoms with E-state index < -0.39 is 5.41 Å². The van der Waals surface area contributed by atoms with Crippen LogP contribution in [0.5, 0.6) is 0 Å². The molecule has 8 aromatic carbocycles. The Bertz CT molecular complexity index is 2610. The molecular formula is C45H26S. The second-order valence-corrected chi connectivity index (χ2v) is 13.8. The average Bonchev–Trinajstić information content (AvgIpc) is 3.40. The lowest BCUT2D eigenvalue weighted by Gasteiger charge is -2.40. The van der Waals surface area contributed by atoms with Crippen molar-refractivity contribution < 1.29 is 0 Å². The van der Waals surface area contributed by atoms with Crippen LogP contribution in [0.3, 0.4) is 0 Å². The van der Waals surface area contributed by atoms with Crippen LogP contribution in [0.1, 0.15) is 22.3 Å². The smallest absolute Gasteiger partial charge is 0.0725 e. The van der Waals surface area contributed by atoms with Crippen LogP contribution >= 0.6 is 11.8 Å². The van der Waals surface area contributed by atoms with Gasteiger partial charge in [0.25, 0.3) is 0 Å². The van der Waals surface area contributed by atoms with E-state index in [0.717, 1.165) is 0 Å². The van der Waals surface area contributed by atoms with Gasteiger partial charge in [-0.15, -0.1) is 0 Å². The zero-order valence-corrected chi connectivity index (χ0v) is 25.7. The molecule has 212 valence electrons. The van der Waals surface area contributed by atoms with Crippen molar-refractivity contribution in [2.45, 2.75) is 15.2 Å². The van der Waals surface area contributed by atoms with E-state index in [1.54, 1.807) is 0 Å². The Labute approximate surface area is 272 Å². The minimum Gasteiger partial charge on any atom is -0.0888 e. The van der Waals surface area contributed by atoms with Gasteiger partial charge in [0.05, 0.1) is 5.41 Å². The standard InChI is InChI=1S/C45H26S/c1-3-19-36-31(14-1)33-25-24-29(30-16-9-23-41-44(30)35-18-6-11-28-13-8-22-40(46-41)43(28)35)26-39(33)45(36)37-20-4-2-15-32(37)34-17-5-10-27-12-7-21-38(45)42(27)34/h1-26H. The first kappa shape index (κ1) is 24.9. The Hall–Kier alpha value is -5.37. The first-order valence-electron chi connectivity index (χ1n) is 16.0. The molecule has 0 bridgehead atoms. The van der Waals surface area contributed by atoms with Gasteiger partial charge in [-0.2, -0.15) is 0 Å². The van der Waals surface area contributed by atoms with E-state index in [4.69, 9.17) is 0 Å². The molecule has 0 amide bonds. The molecule has 0 N–H and O–H groups in total. The third kappa shape index (κ3) is 2.97. The van der Waals surface area contributed by atoms with Gasteiger partial charge in [0.15, 0.2) is 0 Å². The summed E-state index contributed by atoms with van der Waals surface area (Å²) in [6, 6.07) is 59.5. The van der Waals surface area contributed by atoms with Gasteiger partial charge in [-0.1, -0.05) is 151 Å². The Morgan fingerprint density at radius 3 is 1.70 bits per heavy atom. The maximum absolute atomic E-state index is 2.53. The van der Waals surface area contributed by atoms with E-state index in [2.05, 4.69) is 158 Å². The predicted octanol–water partition coefficient (Wildman–Crippen LogP) is 12.1. The highest BCUT2D eigenvalue weighted by atomic mass is 32.2. The van der Waals surface area contributed by atoms with Crippen LogP contribution in [0, 0.1) is 0 Å². The van der Waals surface area contributed by atoms with Crippen LogP contribution in [-0.4, -0.2) is 0 Å². The summed E-state index contributed by atoms with van der Waals surface area (Å²) in [5.74, 6) is 0. The molecule has 11 rings (SSSR count). The lowest BCUT2D eigenvalue weighted by atomic mass is 9.61. The monoisotopic (exact) mass is 598 g/mol. The van der Waals surface area contributed by atoms with Gasteiger partial charge >= 0.3 is 0 Å². The van der Waals surface area contributed by atoms with Crippen molar-refractivity contribution in [1.29, 1.82) is 0 Å². The Balaban J connectivity index is 1.26. The van der Waals surface area contributed by atoms with Crippen molar-refractivity contribution in [3.63, 3.8) is 0 Å². The van der Waals surface area contributed by atoms with Gasteiger partial charge in [-0.25, -0.2) is 0 Å². The predicted molar refractivity (Wildman–Crippen MR) is 193 cm³/mol. The summed E-state index contributed by atoms with van der Waals surface area (Å²) in [4.78, 5) is 2.66. The fraction of sp³-hybridized carbons (Fsp3) is 0.0222. The topological polar surface area (TPSA) is 0 Å². The van der Waals surface area contributed by atoms with E-state index in [0.29, 0.717) is 0 Å². The Morgan fingerprint density at radius 1 is 0.348 bits per heavy atom. The number of hydrogen-bond acceptors (Lipinski definition) is 1. The van der Waals surface area contributed by atoms with Crippen LogP contribution in [0.15, 0.2) is 168 Å². The van der Waals surface area contributed by atoms with E-state index in [1.807, 2.05) is 11.8 Å². The second kappa shape index (κ2) is 8.88.